The highest BCUT2D eigenvalue weighted by molar-refractivity contribution is 6.30. The molecule has 0 saturated heterocycles. The fraction of sp³-hybridized carbons (Fsp3) is 0.167. The number of rotatable bonds is 2. The Kier molecular flexibility index (Phi) is 3.78. The molecule has 5 nitrogen and oxygen atoms in total. The summed E-state index contributed by atoms with van der Waals surface area (Å²) >= 11 is 5.98. The van der Waals surface area contributed by atoms with E-state index < -0.39 is 0 Å². The summed E-state index contributed by atoms with van der Waals surface area (Å²) in [4.78, 5) is 20.9. The van der Waals surface area contributed by atoms with Crippen LogP contribution in [0, 0.1) is 0 Å². The van der Waals surface area contributed by atoms with Crippen LogP contribution in [0.25, 0.3) is 11.5 Å². The van der Waals surface area contributed by atoms with E-state index in [-0.39, 0.29) is 17.6 Å². The van der Waals surface area contributed by atoms with Crippen LogP contribution in [0.2, 0.25) is 5.02 Å². The van der Waals surface area contributed by atoms with Crippen LogP contribution in [0.15, 0.2) is 53.2 Å². The molecule has 2 aromatic heterocycles. The number of halogens is 1. The van der Waals surface area contributed by atoms with Crippen molar-refractivity contribution in [2.75, 3.05) is 6.54 Å². The molecule has 0 spiro atoms. The summed E-state index contributed by atoms with van der Waals surface area (Å²) in [7, 11) is 0. The molecule has 0 fully saturated rings. The fourth-order valence-electron chi connectivity index (χ4n) is 2.92. The topological polar surface area (TPSA) is 68.0 Å². The van der Waals surface area contributed by atoms with E-state index in [1.54, 1.807) is 24.5 Å². The van der Waals surface area contributed by atoms with Crippen molar-refractivity contribution >= 4 is 17.5 Å². The summed E-state index contributed by atoms with van der Waals surface area (Å²) in [5.74, 6) is 0.461. The molecule has 4 rings (SSSR count). The summed E-state index contributed by atoms with van der Waals surface area (Å²) in [5, 5.41) is 3.55. The maximum absolute atomic E-state index is 12.3. The number of carbonyl (C=O) groups is 1. The smallest absolute Gasteiger partial charge is 0.289 e. The largest absolute Gasteiger partial charge is 0.431 e. The van der Waals surface area contributed by atoms with E-state index in [1.165, 1.54) is 0 Å². The van der Waals surface area contributed by atoms with Crippen LogP contribution in [0.5, 0.6) is 0 Å². The van der Waals surface area contributed by atoms with Crippen LogP contribution >= 0.6 is 11.6 Å². The molecule has 0 bridgehead atoms. The molecule has 0 saturated carbocycles. The van der Waals surface area contributed by atoms with Crippen molar-refractivity contribution < 1.29 is 9.21 Å². The molecule has 1 aromatic carbocycles. The van der Waals surface area contributed by atoms with Gasteiger partial charge in [0.05, 0.1) is 0 Å². The molecule has 3 heterocycles. The summed E-state index contributed by atoms with van der Waals surface area (Å²) in [5.41, 5.74) is 2.52. The lowest BCUT2D eigenvalue weighted by atomic mass is 9.92. The highest BCUT2D eigenvalue weighted by Gasteiger charge is 2.30. The lowest BCUT2D eigenvalue weighted by Crippen LogP contribution is -2.22. The number of nitrogens with one attached hydrogen (secondary N) is 1. The van der Waals surface area contributed by atoms with Gasteiger partial charge in [-0.05, 0) is 36.2 Å². The van der Waals surface area contributed by atoms with Gasteiger partial charge in [-0.15, -0.1) is 0 Å². The highest BCUT2D eigenvalue weighted by Crippen LogP contribution is 2.34. The lowest BCUT2D eigenvalue weighted by molar-refractivity contribution is 0.0929. The summed E-state index contributed by atoms with van der Waals surface area (Å²) < 4.78 is 5.78. The normalized spacial score (nSPS) is 17.0. The van der Waals surface area contributed by atoms with Crippen molar-refractivity contribution in [2.24, 2.45) is 0 Å². The number of amides is 1. The zero-order valence-corrected chi connectivity index (χ0v) is 13.5. The molecule has 1 N–H and O–H groups in total. The van der Waals surface area contributed by atoms with E-state index in [4.69, 9.17) is 16.0 Å². The van der Waals surface area contributed by atoms with E-state index in [1.807, 2.05) is 24.3 Å². The molecule has 1 aliphatic rings. The SMILES string of the molecule is O=C1NCCC(c2ccc(Cl)cc2)c2nc(-c3ccncc3)oc21. The van der Waals surface area contributed by atoms with Gasteiger partial charge in [0.15, 0.2) is 0 Å². The van der Waals surface area contributed by atoms with Gasteiger partial charge in [0.1, 0.15) is 5.69 Å². The Bertz CT molecular complexity index is 875. The first kappa shape index (κ1) is 14.9. The second-order valence-electron chi connectivity index (χ2n) is 5.62. The number of carbonyl (C=O) groups excluding carboxylic acids is 1. The number of hydrogen-bond donors (Lipinski definition) is 1. The average molecular weight is 340 g/mol. The van der Waals surface area contributed by atoms with E-state index in [2.05, 4.69) is 15.3 Å². The molecule has 3 aromatic rings. The van der Waals surface area contributed by atoms with Gasteiger partial charge in [-0.3, -0.25) is 9.78 Å². The van der Waals surface area contributed by atoms with E-state index in [0.717, 1.165) is 17.5 Å². The molecule has 6 heteroatoms. The van der Waals surface area contributed by atoms with Gasteiger partial charge in [-0.2, -0.15) is 0 Å². The van der Waals surface area contributed by atoms with Gasteiger partial charge in [0.2, 0.25) is 11.7 Å². The molecule has 1 aliphatic heterocycles. The van der Waals surface area contributed by atoms with Crippen molar-refractivity contribution in [3.8, 4) is 11.5 Å². The number of benzene rings is 1. The summed E-state index contributed by atoms with van der Waals surface area (Å²) in [6.45, 7) is 0.572. The van der Waals surface area contributed by atoms with Crippen molar-refractivity contribution in [1.82, 2.24) is 15.3 Å². The van der Waals surface area contributed by atoms with E-state index in [0.29, 0.717) is 23.2 Å². The maximum Gasteiger partial charge on any atom is 0.289 e. The van der Waals surface area contributed by atoms with E-state index in [9.17, 15) is 4.79 Å². The first-order valence-corrected chi connectivity index (χ1v) is 8.05. The second-order valence-corrected chi connectivity index (χ2v) is 6.05. The van der Waals surface area contributed by atoms with Crippen molar-refractivity contribution in [3.05, 3.63) is 70.8 Å². The predicted octanol–water partition coefficient (Wildman–Crippen LogP) is 3.66. The second kappa shape index (κ2) is 6.09. The molecule has 24 heavy (non-hydrogen) atoms. The Morgan fingerprint density at radius 1 is 1.12 bits per heavy atom. The molecule has 1 atom stereocenters. The Hall–Kier alpha value is -2.66. The minimum absolute atomic E-state index is 0.0180. The zero-order valence-electron chi connectivity index (χ0n) is 12.7. The van der Waals surface area contributed by atoms with E-state index >= 15 is 0 Å². The van der Waals surface area contributed by atoms with Crippen LogP contribution in [-0.2, 0) is 0 Å². The third kappa shape index (κ3) is 2.67. The van der Waals surface area contributed by atoms with Gasteiger partial charge in [-0.25, -0.2) is 4.98 Å². The van der Waals surface area contributed by atoms with Gasteiger partial charge in [0.25, 0.3) is 5.91 Å². The standard InChI is InChI=1S/C18H14ClN3O2/c19-13-3-1-11(2-4-13)14-7-10-21-17(23)16-15(14)22-18(24-16)12-5-8-20-9-6-12/h1-6,8-9,14H,7,10H2,(H,21,23). The number of pyridine rings is 1. The number of hydrogen-bond acceptors (Lipinski definition) is 4. The number of fused-ring (bicyclic) bond motifs is 1. The third-order valence-corrected chi connectivity index (χ3v) is 4.36. The van der Waals surface area contributed by atoms with Gasteiger partial charge in [0, 0.05) is 35.4 Å². The lowest BCUT2D eigenvalue weighted by Gasteiger charge is -2.13. The summed E-state index contributed by atoms with van der Waals surface area (Å²) in [6, 6.07) is 11.2. The Balaban J connectivity index is 1.82. The van der Waals surface area contributed by atoms with Crippen LogP contribution in [0.3, 0.4) is 0 Å². The fourth-order valence-corrected chi connectivity index (χ4v) is 3.04. The summed E-state index contributed by atoms with van der Waals surface area (Å²) in [6.07, 6.45) is 4.09. The van der Waals surface area contributed by atoms with Gasteiger partial charge in [-0.1, -0.05) is 23.7 Å². The zero-order chi connectivity index (χ0) is 16.5. The molecule has 1 unspecified atom stereocenters. The van der Waals surface area contributed by atoms with Gasteiger partial charge < -0.3 is 9.73 Å². The third-order valence-electron chi connectivity index (χ3n) is 4.11. The Morgan fingerprint density at radius 2 is 1.88 bits per heavy atom. The minimum Gasteiger partial charge on any atom is -0.431 e. The highest BCUT2D eigenvalue weighted by atomic mass is 35.5. The first-order chi connectivity index (χ1) is 11.7. The van der Waals surface area contributed by atoms with Crippen molar-refractivity contribution in [1.29, 1.82) is 0 Å². The molecular weight excluding hydrogens is 326 g/mol. The molecule has 0 radical (unpaired) electrons. The first-order valence-electron chi connectivity index (χ1n) is 7.67. The number of nitrogens with zero attached hydrogens (tertiary/aromatic N) is 2. The number of aromatic nitrogens is 2. The van der Waals surface area contributed by atoms with Crippen molar-refractivity contribution in [3.63, 3.8) is 0 Å². The molecule has 1 amide bonds. The maximum atomic E-state index is 12.3. The monoisotopic (exact) mass is 339 g/mol. The molecule has 120 valence electrons. The minimum atomic E-state index is -0.228. The predicted molar refractivity (Wildman–Crippen MR) is 90.0 cm³/mol. The van der Waals surface area contributed by atoms with Crippen molar-refractivity contribution in [2.45, 2.75) is 12.3 Å². The van der Waals surface area contributed by atoms with Crippen LogP contribution < -0.4 is 5.32 Å². The Morgan fingerprint density at radius 3 is 2.62 bits per heavy atom. The van der Waals surface area contributed by atoms with Crippen LogP contribution in [-0.4, -0.2) is 22.4 Å². The quantitative estimate of drug-likeness (QED) is 0.773. The Labute approximate surface area is 143 Å². The average Bonchev–Trinajstić information content (AvgIpc) is 2.99. The molecular formula is C18H14ClN3O2. The van der Waals surface area contributed by atoms with Gasteiger partial charge >= 0.3 is 0 Å². The van der Waals surface area contributed by atoms with Crippen LogP contribution in [0.4, 0.5) is 0 Å². The van der Waals surface area contributed by atoms with Crippen LogP contribution in [0.1, 0.15) is 34.2 Å². The number of oxazole rings is 1. The molecule has 0 aliphatic carbocycles.